The quantitative estimate of drug-likeness (QED) is 0.570. The van der Waals surface area contributed by atoms with Gasteiger partial charge in [-0.3, -0.25) is 14.5 Å². The molecule has 0 saturated carbocycles. The van der Waals surface area contributed by atoms with Crippen LogP contribution < -0.4 is 0 Å². The Bertz CT molecular complexity index is 1040. The van der Waals surface area contributed by atoms with Crippen molar-refractivity contribution in [3.63, 3.8) is 0 Å². The van der Waals surface area contributed by atoms with E-state index >= 15 is 0 Å². The summed E-state index contributed by atoms with van der Waals surface area (Å²) in [5.74, 6) is 0.641. The summed E-state index contributed by atoms with van der Waals surface area (Å²) in [5.41, 5.74) is 1.95. The maximum absolute atomic E-state index is 13.1. The molecular formula is C20H18Cl2N4OS. The predicted molar refractivity (Wildman–Crippen MR) is 113 cm³/mol. The minimum atomic E-state index is 0.0187. The summed E-state index contributed by atoms with van der Waals surface area (Å²) in [5, 5.41) is 8.43. The number of rotatable bonds is 4. The van der Waals surface area contributed by atoms with Crippen LogP contribution in [0.15, 0.2) is 48.5 Å². The Kier molecular flexibility index (Phi) is 5.53. The monoisotopic (exact) mass is 432 g/mol. The fourth-order valence-electron chi connectivity index (χ4n) is 3.61. The van der Waals surface area contributed by atoms with Crippen LogP contribution in [0.3, 0.4) is 0 Å². The first-order valence-electron chi connectivity index (χ1n) is 8.99. The molecule has 8 heteroatoms. The number of nitrogens with zero attached hydrogens (tertiary/aromatic N) is 3. The van der Waals surface area contributed by atoms with Crippen molar-refractivity contribution in [3.8, 4) is 11.4 Å². The van der Waals surface area contributed by atoms with E-state index in [9.17, 15) is 4.79 Å². The van der Waals surface area contributed by atoms with Gasteiger partial charge in [-0.25, -0.2) is 0 Å². The normalized spacial score (nSPS) is 16.5. The largest absolute Gasteiger partial charge is 0.334 e. The number of aromatic nitrogens is 3. The van der Waals surface area contributed by atoms with Crippen molar-refractivity contribution in [2.45, 2.75) is 25.4 Å². The van der Waals surface area contributed by atoms with E-state index < -0.39 is 0 Å². The number of amides is 1. The third-order valence-corrected chi connectivity index (χ3v) is 5.80. The van der Waals surface area contributed by atoms with Crippen molar-refractivity contribution in [2.75, 3.05) is 6.54 Å². The Balaban J connectivity index is 1.58. The highest BCUT2D eigenvalue weighted by Gasteiger charge is 2.30. The van der Waals surface area contributed by atoms with Gasteiger partial charge in [0, 0.05) is 22.2 Å². The van der Waals surface area contributed by atoms with Gasteiger partial charge in [0.15, 0.2) is 10.6 Å². The lowest BCUT2D eigenvalue weighted by Gasteiger charge is -2.25. The van der Waals surface area contributed by atoms with E-state index in [1.807, 2.05) is 41.3 Å². The SMILES string of the molecule is O=C(Cn1c(-c2ccc(Cl)cc2)n[nH]c1=S)N1CCCC1c1ccc(Cl)cc1. The number of likely N-dealkylation sites (tertiary alicyclic amines) is 1. The third kappa shape index (κ3) is 3.85. The molecule has 0 radical (unpaired) electrons. The summed E-state index contributed by atoms with van der Waals surface area (Å²) in [6.07, 6.45) is 1.91. The van der Waals surface area contributed by atoms with Crippen LogP contribution in [0.4, 0.5) is 0 Å². The molecule has 1 atom stereocenters. The maximum Gasteiger partial charge on any atom is 0.243 e. The van der Waals surface area contributed by atoms with Crippen LogP contribution in [0.25, 0.3) is 11.4 Å². The van der Waals surface area contributed by atoms with Gasteiger partial charge in [-0.15, -0.1) is 0 Å². The fraction of sp³-hybridized carbons (Fsp3) is 0.250. The van der Waals surface area contributed by atoms with E-state index in [0.29, 0.717) is 20.6 Å². The minimum Gasteiger partial charge on any atom is -0.334 e. The Hall–Kier alpha value is -2.15. The molecule has 1 saturated heterocycles. The number of nitrogens with one attached hydrogen (secondary N) is 1. The molecule has 0 spiro atoms. The number of carbonyl (C=O) groups excluding carboxylic acids is 1. The number of carbonyl (C=O) groups is 1. The van der Waals surface area contributed by atoms with Crippen LogP contribution in [0.1, 0.15) is 24.4 Å². The van der Waals surface area contributed by atoms with E-state index in [0.717, 1.165) is 30.5 Å². The van der Waals surface area contributed by atoms with Gasteiger partial charge in [-0.1, -0.05) is 35.3 Å². The van der Waals surface area contributed by atoms with E-state index in [1.165, 1.54) is 0 Å². The van der Waals surface area contributed by atoms with Crippen LogP contribution in [0, 0.1) is 4.77 Å². The van der Waals surface area contributed by atoms with E-state index in [2.05, 4.69) is 10.2 Å². The minimum absolute atomic E-state index is 0.0187. The highest BCUT2D eigenvalue weighted by Crippen LogP contribution is 2.33. The van der Waals surface area contributed by atoms with Crippen LogP contribution in [-0.2, 0) is 11.3 Å². The molecule has 1 fully saturated rings. The molecule has 28 heavy (non-hydrogen) atoms. The Morgan fingerprint density at radius 1 is 1.11 bits per heavy atom. The number of halogens is 2. The molecule has 0 aliphatic carbocycles. The topological polar surface area (TPSA) is 53.9 Å². The number of hydrogen-bond acceptors (Lipinski definition) is 3. The van der Waals surface area contributed by atoms with Crippen molar-refractivity contribution in [3.05, 3.63) is 68.9 Å². The molecular weight excluding hydrogens is 415 g/mol. The first-order chi connectivity index (χ1) is 13.5. The van der Waals surface area contributed by atoms with E-state index in [1.54, 1.807) is 16.7 Å². The Morgan fingerprint density at radius 2 is 1.75 bits per heavy atom. The van der Waals surface area contributed by atoms with Gasteiger partial charge < -0.3 is 4.90 Å². The number of hydrogen-bond donors (Lipinski definition) is 1. The highest BCUT2D eigenvalue weighted by atomic mass is 35.5. The van der Waals surface area contributed by atoms with Crippen molar-refractivity contribution >= 4 is 41.3 Å². The molecule has 144 valence electrons. The molecule has 1 amide bonds. The maximum atomic E-state index is 13.1. The first kappa shape index (κ1) is 19.2. The van der Waals surface area contributed by atoms with Gasteiger partial charge in [0.2, 0.25) is 5.91 Å². The summed E-state index contributed by atoms with van der Waals surface area (Å²) < 4.78 is 2.15. The molecule has 1 aromatic heterocycles. The average molecular weight is 433 g/mol. The van der Waals surface area contributed by atoms with Crippen LogP contribution in [0.5, 0.6) is 0 Å². The summed E-state index contributed by atoms with van der Waals surface area (Å²) in [6, 6.07) is 15.1. The Morgan fingerprint density at radius 3 is 2.43 bits per heavy atom. The molecule has 4 rings (SSSR count). The number of benzene rings is 2. The number of H-pyrrole nitrogens is 1. The zero-order chi connectivity index (χ0) is 19.7. The lowest BCUT2D eigenvalue weighted by atomic mass is 10.0. The zero-order valence-corrected chi connectivity index (χ0v) is 17.3. The van der Waals surface area contributed by atoms with Crippen LogP contribution in [0.2, 0.25) is 10.0 Å². The molecule has 1 unspecified atom stereocenters. The van der Waals surface area contributed by atoms with Gasteiger partial charge >= 0.3 is 0 Å². The second-order valence-corrected chi connectivity index (χ2v) is 8.00. The molecule has 0 bridgehead atoms. The van der Waals surface area contributed by atoms with E-state index in [4.69, 9.17) is 35.4 Å². The van der Waals surface area contributed by atoms with E-state index in [-0.39, 0.29) is 18.5 Å². The predicted octanol–water partition coefficient (Wildman–Crippen LogP) is 5.28. The zero-order valence-electron chi connectivity index (χ0n) is 14.9. The molecule has 2 heterocycles. The van der Waals surface area contributed by atoms with Crippen molar-refractivity contribution in [1.29, 1.82) is 0 Å². The van der Waals surface area contributed by atoms with Crippen molar-refractivity contribution in [1.82, 2.24) is 19.7 Å². The summed E-state index contributed by atoms with van der Waals surface area (Å²) >= 11 is 17.3. The summed E-state index contributed by atoms with van der Waals surface area (Å²) in [7, 11) is 0. The lowest BCUT2D eigenvalue weighted by molar-refractivity contribution is -0.132. The van der Waals surface area contributed by atoms with Gasteiger partial charge in [-0.2, -0.15) is 5.10 Å². The van der Waals surface area contributed by atoms with Gasteiger partial charge in [0.05, 0.1) is 6.04 Å². The average Bonchev–Trinajstić information content (AvgIpc) is 3.31. The van der Waals surface area contributed by atoms with Gasteiger partial charge in [-0.05, 0) is 67.0 Å². The Labute approximate surface area is 177 Å². The van der Waals surface area contributed by atoms with Gasteiger partial charge in [0.1, 0.15) is 6.54 Å². The molecule has 1 aliphatic rings. The molecule has 1 aliphatic heterocycles. The fourth-order valence-corrected chi connectivity index (χ4v) is 4.06. The third-order valence-electron chi connectivity index (χ3n) is 4.98. The standard InChI is InChI=1S/C20H18Cl2N4OS/c21-15-7-3-13(4-8-15)17-2-1-11-25(17)18(27)12-26-19(23-24-20(26)28)14-5-9-16(22)10-6-14/h3-10,17H,1-2,11-12H2,(H,24,28). The first-order valence-corrected chi connectivity index (χ1v) is 10.2. The summed E-state index contributed by atoms with van der Waals surface area (Å²) in [4.78, 5) is 15.0. The molecule has 5 nitrogen and oxygen atoms in total. The molecule has 3 aromatic rings. The van der Waals surface area contributed by atoms with Crippen molar-refractivity contribution in [2.24, 2.45) is 0 Å². The van der Waals surface area contributed by atoms with Gasteiger partial charge in [0.25, 0.3) is 0 Å². The second-order valence-electron chi connectivity index (χ2n) is 6.74. The molecule has 1 N–H and O–H groups in total. The van der Waals surface area contributed by atoms with Crippen molar-refractivity contribution < 1.29 is 4.79 Å². The van der Waals surface area contributed by atoms with Crippen LogP contribution >= 0.6 is 35.4 Å². The molecule has 2 aromatic carbocycles. The number of aromatic amines is 1. The highest BCUT2D eigenvalue weighted by molar-refractivity contribution is 7.71. The summed E-state index contributed by atoms with van der Waals surface area (Å²) in [6.45, 7) is 0.866. The smallest absolute Gasteiger partial charge is 0.243 e. The van der Waals surface area contributed by atoms with Crippen LogP contribution in [-0.4, -0.2) is 32.1 Å². The second kappa shape index (κ2) is 8.07. The lowest BCUT2D eigenvalue weighted by Crippen LogP contribution is -2.33.